The zero-order chi connectivity index (χ0) is 10.8. The van der Waals surface area contributed by atoms with Crippen LogP contribution in [0.4, 0.5) is 3.89 Å². The second kappa shape index (κ2) is 4.39. The molecule has 0 aromatic rings. The molecule has 84 valence electrons. The Bertz CT molecular complexity index is 279. The van der Waals surface area contributed by atoms with E-state index in [4.69, 9.17) is 0 Å². The Labute approximate surface area is 89.9 Å². The molecule has 0 aliphatic carbocycles. The van der Waals surface area contributed by atoms with Crippen molar-refractivity contribution in [1.29, 1.82) is 0 Å². The van der Waals surface area contributed by atoms with Crippen LogP contribution in [0.5, 0.6) is 0 Å². The summed E-state index contributed by atoms with van der Waals surface area (Å²) in [5, 5.41) is 0. The van der Waals surface area contributed by atoms with Gasteiger partial charge in [0.05, 0.1) is 5.75 Å². The first-order valence-corrected chi connectivity index (χ1v) is 7.52. The smallest absolute Gasteiger partial charge is 0.195 e. The summed E-state index contributed by atoms with van der Waals surface area (Å²) >= 11 is 1.84. The minimum absolute atomic E-state index is 0.326. The molecular weight excluding hydrogens is 223 g/mol. The molecule has 0 N–H and O–H groups in total. The van der Waals surface area contributed by atoms with Crippen molar-refractivity contribution in [3.8, 4) is 0 Å². The first-order chi connectivity index (χ1) is 6.31. The summed E-state index contributed by atoms with van der Waals surface area (Å²) in [7, 11) is -4.34. The molecule has 0 bridgehead atoms. The van der Waals surface area contributed by atoms with Crippen molar-refractivity contribution in [2.45, 2.75) is 26.7 Å². The highest BCUT2D eigenvalue weighted by Gasteiger charge is 2.35. The Balaban J connectivity index is 2.63. The fourth-order valence-electron chi connectivity index (χ4n) is 1.92. The molecule has 0 saturated carbocycles. The summed E-state index contributed by atoms with van der Waals surface area (Å²) in [6.07, 6.45) is 2.14. The maximum Gasteiger partial charge on any atom is 0.302 e. The van der Waals surface area contributed by atoms with Crippen molar-refractivity contribution in [3.05, 3.63) is 0 Å². The van der Waals surface area contributed by atoms with Crippen molar-refractivity contribution in [2.24, 2.45) is 11.3 Å². The van der Waals surface area contributed by atoms with Crippen LogP contribution in [0.2, 0.25) is 0 Å². The largest absolute Gasteiger partial charge is 0.302 e. The summed E-state index contributed by atoms with van der Waals surface area (Å²) in [4.78, 5) is 0. The van der Waals surface area contributed by atoms with Gasteiger partial charge < -0.3 is 0 Å². The molecule has 1 saturated heterocycles. The molecule has 0 radical (unpaired) electrons. The summed E-state index contributed by atoms with van der Waals surface area (Å²) in [5.74, 6) is 2.09. The molecule has 0 spiro atoms. The topological polar surface area (TPSA) is 34.1 Å². The van der Waals surface area contributed by atoms with Crippen molar-refractivity contribution >= 4 is 22.0 Å². The van der Waals surface area contributed by atoms with Crippen LogP contribution in [0.25, 0.3) is 0 Å². The zero-order valence-electron chi connectivity index (χ0n) is 8.62. The monoisotopic (exact) mass is 240 g/mol. The van der Waals surface area contributed by atoms with Gasteiger partial charge in [0.15, 0.2) is 0 Å². The fourth-order valence-corrected chi connectivity index (χ4v) is 4.48. The van der Waals surface area contributed by atoms with Crippen molar-refractivity contribution in [2.75, 3.05) is 17.3 Å². The molecule has 5 heteroatoms. The standard InChI is InChI=1S/C9H17FO2S2/c1-9(2,7-14(10,11)12)8-4-3-5-13-6-8/h8H,3-7H2,1-2H3. The van der Waals surface area contributed by atoms with Crippen LogP contribution in [-0.4, -0.2) is 25.7 Å². The molecule has 0 aromatic heterocycles. The maximum absolute atomic E-state index is 12.6. The van der Waals surface area contributed by atoms with Crippen LogP contribution in [0, 0.1) is 11.3 Å². The number of thioether (sulfide) groups is 1. The molecule has 1 rings (SSSR count). The van der Waals surface area contributed by atoms with Crippen molar-refractivity contribution in [3.63, 3.8) is 0 Å². The van der Waals surface area contributed by atoms with E-state index in [0.717, 1.165) is 24.3 Å². The van der Waals surface area contributed by atoms with E-state index in [9.17, 15) is 12.3 Å². The third-order valence-electron chi connectivity index (χ3n) is 2.81. The molecule has 1 aliphatic heterocycles. The number of halogens is 1. The van der Waals surface area contributed by atoms with Crippen molar-refractivity contribution < 1.29 is 12.3 Å². The normalized spacial score (nSPS) is 24.9. The van der Waals surface area contributed by atoms with Gasteiger partial charge in [-0.1, -0.05) is 13.8 Å². The summed E-state index contributed by atoms with van der Waals surface area (Å²) in [6.45, 7) is 3.70. The lowest BCUT2D eigenvalue weighted by Crippen LogP contribution is -2.34. The number of rotatable bonds is 3. The molecule has 1 unspecified atom stereocenters. The van der Waals surface area contributed by atoms with Gasteiger partial charge in [0.1, 0.15) is 0 Å². The lowest BCUT2D eigenvalue weighted by Gasteiger charge is -2.35. The van der Waals surface area contributed by atoms with Gasteiger partial charge in [0, 0.05) is 0 Å². The Morgan fingerprint density at radius 1 is 1.50 bits per heavy atom. The maximum atomic E-state index is 12.6. The van der Waals surface area contributed by atoms with Gasteiger partial charge in [-0.05, 0) is 35.7 Å². The van der Waals surface area contributed by atoms with Gasteiger partial charge in [-0.15, -0.1) is 3.89 Å². The van der Waals surface area contributed by atoms with Crippen LogP contribution < -0.4 is 0 Å². The number of hydrogen-bond donors (Lipinski definition) is 0. The second-order valence-electron chi connectivity index (χ2n) is 4.59. The SMILES string of the molecule is CC(C)(CS(=O)(=O)F)C1CCCSC1. The van der Waals surface area contributed by atoms with Gasteiger partial charge in [-0.2, -0.15) is 20.2 Å². The molecule has 2 nitrogen and oxygen atoms in total. The van der Waals surface area contributed by atoms with Gasteiger partial charge in [-0.3, -0.25) is 0 Å². The Hall–Kier alpha value is 0.230. The molecule has 1 heterocycles. The van der Waals surface area contributed by atoms with Crippen LogP contribution >= 0.6 is 11.8 Å². The first-order valence-electron chi connectivity index (χ1n) is 4.81. The molecule has 0 amide bonds. The molecule has 0 aromatic carbocycles. The average Bonchev–Trinajstić information content (AvgIpc) is 2.01. The predicted molar refractivity (Wildman–Crippen MR) is 58.7 cm³/mol. The van der Waals surface area contributed by atoms with Crippen LogP contribution in [0.1, 0.15) is 26.7 Å². The van der Waals surface area contributed by atoms with E-state index in [1.807, 2.05) is 25.6 Å². The molecule has 14 heavy (non-hydrogen) atoms. The third kappa shape index (κ3) is 3.77. The van der Waals surface area contributed by atoms with E-state index in [2.05, 4.69) is 0 Å². The third-order valence-corrected chi connectivity index (χ3v) is 5.11. The Kier molecular flexibility index (Phi) is 3.86. The molecule has 1 atom stereocenters. The fraction of sp³-hybridized carbons (Fsp3) is 1.00. The highest BCUT2D eigenvalue weighted by Crippen LogP contribution is 2.37. The Morgan fingerprint density at radius 3 is 2.57 bits per heavy atom. The average molecular weight is 240 g/mol. The highest BCUT2D eigenvalue weighted by atomic mass is 32.3. The van der Waals surface area contributed by atoms with Crippen LogP contribution in [0.3, 0.4) is 0 Å². The lowest BCUT2D eigenvalue weighted by molar-refractivity contribution is 0.247. The molecule has 1 fully saturated rings. The number of hydrogen-bond acceptors (Lipinski definition) is 3. The van der Waals surface area contributed by atoms with Gasteiger partial charge in [0.2, 0.25) is 0 Å². The van der Waals surface area contributed by atoms with Gasteiger partial charge in [-0.25, -0.2) is 0 Å². The quantitative estimate of drug-likeness (QED) is 0.711. The summed E-state index contributed by atoms with van der Waals surface area (Å²) in [5.41, 5.74) is -0.430. The minimum Gasteiger partial charge on any atom is -0.195 e. The molecular formula is C9H17FO2S2. The van der Waals surface area contributed by atoms with E-state index in [0.29, 0.717) is 5.92 Å². The predicted octanol–water partition coefficient (Wildman–Crippen LogP) is 2.46. The first kappa shape index (κ1) is 12.3. The minimum atomic E-state index is -4.34. The van der Waals surface area contributed by atoms with Gasteiger partial charge >= 0.3 is 10.2 Å². The van der Waals surface area contributed by atoms with E-state index in [1.54, 1.807) is 0 Å². The highest BCUT2D eigenvalue weighted by molar-refractivity contribution is 7.99. The molecule has 1 aliphatic rings. The zero-order valence-corrected chi connectivity index (χ0v) is 10.3. The van der Waals surface area contributed by atoms with E-state index in [1.165, 1.54) is 0 Å². The second-order valence-corrected chi connectivity index (χ2v) is 7.10. The van der Waals surface area contributed by atoms with E-state index in [-0.39, 0.29) is 5.75 Å². The van der Waals surface area contributed by atoms with E-state index >= 15 is 0 Å². The van der Waals surface area contributed by atoms with Gasteiger partial charge in [0.25, 0.3) is 0 Å². The Morgan fingerprint density at radius 2 is 2.14 bits per heavy atom. The summed E-state index contributed by atoms with van der Waals surface area (Å²) < 4.78 is 33.8. The van der Waals surface area contributed by atoms with Crippen LogP contribution in [0.15, 0.2) is 0 Å². The summed E-state index contributed by atoms with van der Waals surface area (Å²) in [6, 6.07) is 0. The van der Waals surface area contributed by atoms with E-state index < -0.39 is 15.6 Å². The lowest BCUT2D eigenvalue weighted by atomic mass is 9.79. The van der Waals surface area contributed by atoms with Crippen LogP contribution in [-0.2, 0) is 10.2 Å². The van der Waals surface area contributed by atoms with Crippen molar-refractivity contribution in [1.82, 2.24) is 0 Å².